The average Bonchev–Trinajstić information content (AvgIpc) is 3.05. The topological polar surface area (TPSA) is 125 Å². The van der Waals surface area contributed by atoms with Crippen LogP contribution in [0.5, 0.6) is 0 Å². The summed E-state index contributed by atoms with van der Waals surface area (Å²) in [4.78, 5) is 37.2. The summed E-state index contributed by atoms with van der Waals surface area (Å²) in [5, 5.41) is 18.1. The van der Waals surface area contributed by atoms with E-state index in [0.29, 0.717) is 0 Å². The monoisotopic (exact) mass is 324 g/mol. The van der Waals surface area contributed by atoms with E-state index in [4.69, 9.17) is 4.74 Å². The van der Waals surface area contributed by atoms with E-state index in [2.05, 4.69) is 15.5 Å². The molecule has 9 nitrogen and oxygen atoms in total. The zero-order valence-corrected chi connectivity index (χ0v) is 13.3. The summed E-state index contributed by atoms with van der Waals surface area (Å²) in [6.07, 6.45) is 0.712. The summed E-state index contributed by atoms with van der Waals surface area (Å²) in [6.45, 7) is 5.12. The maximum absolute atomic E-state index is 12.3. The van der Waals surface area contributed by atoms with Crippen molar-refractivity contribution < 1.29 is 24.2 Å². The lowest BCUT2D eigenvalue weighted by Gasteiger charge is -2.28. The van der Waals surface area contributed by atoms with E-state index in [1.807, 2.05) is 0 Å². The van der Waals surface area contributed by atoms with Gasteiger partial charge in [-0.05, 0) is 26.8 Å². The molecule has 0 aromatic carbocycles. The zero-order valence-electron chi connectivity index (χ0n) is 13.3. The molecular weight excluding hydrogens is 304 g/mol. The van der Waals surface area contributed by atoms with Gasteiger partial charge in [-0.3, -0.25) is 9.89 Å². The molecule has 1 aromatic heterocycles. The van der Waals surface area contributed by atoms with Gasteiger partial charge in [0, 0.05) is 19.2 Å². The van der Waals surface area contributed by atoms with Crippen LogP contribution in [0.25, 0.3) is 0 Å². The van der Waals surface area contributed by atoms with E-state index >= 15 is 0 Å². The fraction of sp³-hybridized carbons (Fsp3) is 0.571. The highest BCUT2D eigenvalue weighted by atomic mass is 16.6. The largest absolute Gasteiger partial charge is 0.479 e. The molecule has 1 aromatic rings. The highest BCUT2D eigenvalue weighted by Gasteiger charge is 2.48. The maximum Gasteiger partial charge on any atom is 0.408 e. The standard InChI is InChI=1S/C14H20N4O5/c1-13(2,3)23-12(22)16-14(11(20)21)5-7-18(8-14)10(19)9-4-6-15-17-9/h4,6H,5,7-8H2,1-3H3,(H,15,17)(H,16,22)(H,20,21). The molecule has 1 unspecified atom stereocenters. The van der Waals surface area contributed by atoms with Crippen LogP contribution < -0.4 is 5.32 Å². The second kappa shape index (κ2) is 5.90. The molecule has 1 fully saturated rings. The molecule has 126 valence electrons. The molecule has 2 heterocycles. The highest BCUT2D eigenvalue weighted by Crippen LogP contribution is 2.24. The number of carboxylic acid groups (broad SMARTS) is 1. The van der Waals surface area contributed by atoms with Gasteiger partial charge in [-0.2, -0.15) is 5.10 Å². The lowest BCUT2D eigenvalue weighted by molar-refractivity contribution is -0.144. The minimum absolute atomic E-state index is 0.0987. The number of amides is 2. The fourth-order valence-corrected chi connectivity index (χ4v) is 2.36. The number of aromatic amines is 1. The number of H-pyrrole nitrogens is 1. The van der Waals surface area contributed by atoms with Crippen molar-refractivity contribution in [3.05, 3.63) is 18.0 Å². The third-order valence-electron chi connectivity index (χ3n) is 3.44. The van der Waals surface area contributed by atoms with E-state index in [-0.39, 0.29) is 31.1 Å². The van der Waals surface area contributed by atoms with Gasteiger partial charge < -0.3 is 20.1 Å². The Labute approximate surface area is 133 Å². The summed E-state index contributed by atoms with van der Waals surface area (Å²) >= 11 is 0. The van der Waals surface area contributed by atoms with Crippen LogP contribution in [0.1, 0.15) is 37.7 Å². The normalized spacial score (nSPS) is 21.1. The number of aromatic nitrogens is 2. The Hall–Kier alpha value is -2.58. The number of carbonyl (C=O) groups is 3. The van der Waals surface area contributed by atoms with Gasteiger partial charge in [-0.1, -0.05) is 0 Å². The lowest BCUT2D eigenvalue weighted by Crippen LogP contribution is -2.57. The number of hydrogen-bond acceptors (Lipinski definition) is 5. The molecule has 1 aliphatic heterocycles. The molecule has 0 bridgehead atoms. The Kier molecular flexibility index (Phi) is 4.31. The van der Waals surface area contributed by atoms with Gasteiger partial charge in [-0.25, -0.2) is 9.59 Å². The van der Waals surface area contributed by atoms with Crippen LogP contribution in [0.3, 0.4) is 0 Å². The average molecular weight is 324 g/mol. The van der Waals surface area contributed by atoms with Gasteiger partial charge in [0.15, 0.2) is 5.54 Å². The highest BCUT2D eigenvalue weighted by molar-refractivity contribution is 5.94. The summed E-state index contributed by atoms with van der Waals surface area (Å²) < 4.78 is 5.11. The summed E-state index contributed by atoms with van der Waals surface area (Å²) in [5.74, 6) is -1.57. The smallest absolute Gasteiger partial charge is 0.408 e. The first-order valence-electron chi connectivity index (χ1n) is 7.16. The SMILES string of the molecule is CC(C)(C)OC(=O)NC1(C(=O)O)CCN(C(=O)c2ccn[nH]2)C1. The third kappa shape index (κ3) is 3.79. The minimum atomic E-state index is -1.56. The van der Waals surface area contributed by atoms with Crippen molar-refractivity contribution in [2.45, 2.75) is 38.3 Å². The number of likely N-dealkylation sites (tertiary alicyclic amines) is 1. The lowest BCUT2D eigenvalue weighted by atomic mass is 9.99. The van der Waals surface area contributed by atoms with Gasteiger partial charge in [0.25, 0.3) is 5.91 Å². The van der Waals surface area contributed by atoms with Crippen LogP contribution in [0.15, 0.2) is 12.3 Å². The molecule has 9 heteroatoms. The number of rotatable bonds is 3. The second-order valence-electron chi connectivity index (χ2n) is 6.46. The van der Waals surface area contributed by atoms with Gasteiger partial charge in [0.2, 0.25) is 0 Å². The summed E-state index contributed by atoms with van der Waals surface area (Å²) in [5.41, 5.74) is -2.03. The molecule has 2 rings (SSSR count). The summed E-state index contributed by atoms with van der Waals surface area (Å²) in [7, 11) is 0. The number of nitrogens with zero attached hydrogens (tertiary/aromatic N) is 2. The quantitative estimate of drug-likeness (QED) is 0.748. The molecule has 3 N–H and O–H groups in total. The van der Waals surface area contributed by atoms with Crippen molar-refractivity contribution in [2.75, 3.05) is 13.1 Å². The molecule has 1 saturated heterocycles. The zero-order chi connectivity index (χ0) is 17.3. The van der Waals surface area contributed by atoms with Crippen LogP contribution in [0.4, 0.5) is 4.79 Å². The van der Waals surface area contributed by atoms with Crippen molar-refractivity contribution in [3.63, 3.8) is 0 Å². The van der Waals surface area contributed by atoms with E-state index in [0.717, 1.165) is 0 Å². The Balaban J connectivity index is 2.10. The van der Waals surface area contributed by atoms with Crippen molar-refractivity contribution in [3.8, 4) is 0 Å². The number of carbonyl (C=O) groups excluding carboxylic acids is 2. The summed E-state index contributed by atoms with van der Waals surface area (Å²) in [6, 6.07) is 1.50. The van der Waals surface area contributed by atoms with Crippen molar-refractivity contribution in [2.24, 2.45) is 0 Å². The molecule has 0 saturated carbocycles. The van der Waals surface area contributed by atoms with Crippen LogP contribution in [-0.2, 0) is 9.53 Å². The van der Waals surface area contributed by atoms with Crippen LogP contribution in [-0.4, -0.2) is 62.4 Å². The maximum atomic E-state index is 12.3. The number of aliphatic carboxylic acids is 1. The predicted molar refractivity (Wildman–Crippen MR) is 78.8 cm³/mol. The Morgan fingerprint density at radius 3 is 2.65 bits per heavy atom. The number of nitrogens with one attached hydrogen (secondary N) is 2. The number of hydrogen-bond donors (Lipinski definition) is 3. The van der Waals surface area contributed by atoms with Crippen LogP contribution in [0, 0.1) is 0 Å². The molecule has 0 spiro atoms. The van der Waals surface area contributed by atoms with Crippen molar-refractivity contribution >= 4 is 18.0 Å². The van der Waals surface area contributed by atoms with Gasteiger partial charge in [-0.15, -0.1) is 0 Å². The Bertz CT molecular complexity index is 607. The van der Waals surface area contributed by atoms with Gasteiger partial charge >= 0.3 is 12.1 Å². The molecule has 0 radical (unpaired) electrons. The van der Waals surface area contributed by atoms with E-state index in [1.165, 1.54) is 17.2 Å². The first-order chi connectivity index (χ1) is 10.6. The van der Waals surface area contributed by atoms with Crippen LogP contribution in [0.2, 0.25) is 0 Å². The molecule has 2 amide bonds. The molecule has 23 heavy (non-hydrogen) atoms. The van der Waals surface area contributed by atoms with E-state index in [9.17, 15) is 19.5 Å². The van der Waals surface area contributed by atoms with E-state index < -0.39 is 23.2 Å². The molecular formula is C14H20N4O5. The predicted octanol–water partition coefficient (Wildman–Crippen LogP) is 0.604. The van der Waals surface area contributed by atoms with Gasteiger partial charge in [0.05, 0.1) is 6.54 Å². The second-order valence-corrected chi connectivity index (χ2v) is 6.46. The van der Waals surface area contributed by atoms with Crippen molar-refractivity contribution in [1.82, 2.24) is 20.4 Å². The molecule has 1 atom stereocenters. The minimum Gasteiger partial charge on any atom is -0.479 e. The van der Waals surface area contributed by atoms with Gasteiger partial charge in [0.1, 0.15) is 11.3 Å². The first-order valence-corrected chi connectivity index (χ1v) is 7.16. The fourth-order valence-electron chi connectivity index (χ4n) is 2.36. The number of carboxylic acids is 1. The number of alkyl carbamates (subject to hydrolysis) is 1. The third-order valence-corrected chi connectivity index (χ3v) is 3.44. The Morgan fingerprint density at radius 1 is 1.43 bits per heavy atom. The van der Waals surface area contributed by atoms with Crippen LogP contribution >= 0.6 is 0 Å². The molecule has 0 aliphatic carbocycles. The van der Waals surface area contributed by atoms with E-state index in [1.54, 1.807) is 20.8 Å². The number of ether oxygens (including phenoxy) is 1. The first kappa shape index (κ1) is 16.8. The van der Waals surface area contributed by atoms with Crippen molar-refractivity contribution in [1.29, 1.82) is 0 Å². The Morgan fingerprint density at radius 2 is 2.13 bits per heavy atom. The molecule has 1 aliphatic rings.